The fraction of sp³-hybridized carbons (Fsp3) is 0.412. The lowest BCUT2D eigenvalue weighted by atomic mass is 10.1. The van der Waals surface area contributed by atoms with E-state index in [1.165, 1.54) is 12.8 Å². The summed E-state index contributed by atoms with van der Waals surface area (Å²) >= 11 is 1.61. The van der Waals surface area contributed by atoms with Crippen molar-refractivity contribution < 1.29 is 0 Å². The van der Waals surface area contributed by atoms with E-state index in [9.17, 15) is 5.26 Å². The summed E-state index contributed by atoms with van der Waals surface area (Å²) in [6.45, 7) is 0. The Morgan fingerprint density at radius 2 is 2.05 bits per heavy atom. The fourth-order valence-corrected chi connectivity index (χ4v) is 3.39. The molecule has 1 aromatic heterocycles. The molecule has 110 valence electrons. The molecule has 0 radical (unpaired) electrons. The van der Waals surface area contributed by atoms with E-state index < -0.39 is 0 Å². The zero-order chi connectivity index (χ0) is 15.4. The number of benzene rings is 1. The zero-order valence-electron chi connectivity index (χ0n) is 12.2. The molecule has 0 aliphatic heterocycles. The number of thioether (sulfide) groups is 1. The zero-order valence-corrected chi connectivity index (χ0v) is 13.0. The molecule has 0 saturated heterocycles. The van der Waals surface area contributed by atoms with Gasteiger partial charge in [0.15, 0.2) is 0 Å². The summed E-state index contributed by atoms with van der Waals surface area (Å²) in [6, 6.07) is 12.4. The van der Waals surface area contributed by atoms with Gasteiger partial charge in [-0.05, 0) is 25.3 Å². The largest absolute Gasteiger partial charge is 0.233 e. The van der Waals surface area contributed by atoms with Crippen molar-refractivity contribution in [2.75, 3.05) is 5.75 Å². The van der Waals surface area contributed by atoms with E-state index in [-0.39, 0.29) is 5.92 Å². The topological polar surface area (TPSA) is 73.4 Å². The van der Waals surface area contributed by atoms with Crippen LogP contribution in [0.3, 0.4) is 0 Å². The number of aromatic nitrogens is 2. The molecule has 0 N–H and O–H groups in total. The minimum atomic E-state index is -0.109. The molecule has 2 aromatic rings. The Bertz CT molecular complexity index is 755. The predicted octanol–water partition coefficient (Wildman–Crippen LogP) is 4.04. The fourth-order valence-electron chi connectivity index (χ4n) is 2.30. The van der Waals surface area contributed by atoms with E-state index in [2.05, 4.69) is 17.1 Å². The summed E-state index contributed by atoms with van der Waals surface area (Å²) in [6.07, 6.45) is 3.39. The van der Waals surface area contributed by atoms with Gasteiger partial charge in [-0.1, -0.05) is 18.2 Å². The molecule has 1 aliphatic rings. The number of nitrogens with zero attached hydrogens (tertiary/aromatic N) is 4. The lowest BCUT2D eigenvalue weighted by Crippen LogP contribution is -2.02. The van der Waals surface area contributed by atoms with Gasteiger partial charge in [0.2, 0.25) is 0 Å². The Labute approximate surface area is 134 Å². The van der Waals surface area contributed by atoms with Crippen LogP contribution in [-0.2, 0) is 0 Å². The van der Waals surface area contributed by atoms with Gasteiger partial charge in [0.05, 0.1) is 23.6 Å². The van der Waals surface area contributed by atoms with E-state index in [1.54, 1.807) is 11.8 Å². The lowest BCUT2D eigenvalue weighted by Gasteiger charge is -2.10. The number of fused-ring (bicyclic) bond motifs is 1. The van der Waals surface area contributed by atoms with Crippen LogP contribution in [0.4, 0.5) is 0 Å². The van der Waals surface area contributed by atoms with Gasteiger partial charge in [-0.3, -0.25) is 0 Å². The molecule has 1 aliphatic carbocycles. The van der Waals surface area contributed by atoms with E-state index in [4.69, 9.17) is 10.2 Å². The van der Waals surface area contributed by atoms with E-state index in [0.717, 1.165) is 21.8 Å². The third-order valence-electron chi connectivity index (χ3n) is 3.74. The van der Waals surface area contributed by atoms with Crippen LogP contribution in [0.25, 0.3) is 10.9 Å². The van der Waals surface area contributed by atoms with Gasteiger partial charge in [0.25, 0.3) is 0 Å². The molecule has 22 heavy (non-hydrogen) atoms. The molecule has 0 unspecified atom stereocenters. The third-order valence-corrected chi connectivity index (χ3v) is 4.89. The highest BCUT2D eigenvalue weighted by atomic mass is 32.2. The molecular weight excluding hydrogens is 292 g/mol. The molecule has 5 heteroatoms. The summed E-state index contributed by atoms with van der Waals surface area (Å²) in [5.41, 5.74) is 0.979. The number of nitriles is 2. The van der Waals surface area contributed by atoms with Crippen molar-refractivity contribution in [2.24, 2.45) is 5.92 Å². The Morgan fingerprint density at radius 3 is 2.77 bits per heavy atom. The van der Waals surface area contributed by atoms with Gasteiger partial charge >= 0.3 is 0 Å². The second-order valence-electron chi connectivity index (χ2n) is 5.51. The summed E-state index contributed by atoms with van der Waals surface area (Å²) in [4.78, 5) is 9.39. The highest BCUT2D eigenvalue weighted by molar-refractivity contribution is 7.99. The second kappa shape index (κ2) is 6.77. The molecule has 1 heterocycles. The lowest BCUT2D eigenvalue weighted by molar-refractivity contribution is 0.685. The molecule has 3 rings (SSSR count). The van der Waals surface area contributed by atoms with Gasteiger partial charge < -0.3 is 0 Å². The van der Waals surface area contributed by atoms with Crippen molar-refractivity contribution in [3.63, 3.8) is 0 Å². The minimum absolute atomic E-state index is 0.109. The quantitative estimate of drug-likeness (QED) is 0.594. The van der Waals surface area contributed by atoms with Crippen LogP contribution < -0.4 is 0 Å². The molecule has 1 aromatic carbocycles. The highest BCUT2D eigenvalue weighted by Gasteiger charge is 2.27. The van der Waals surface area contributed by atoms with Crippen molar-refractivity contribution >= 4 is 22.7 Å². The van der Waals surface area contributed by atoms with Gasteiger partial charge in [-0.2, -0.15) is 10.5 Å². The Kier molecular flexibility index (Phi) is 4.56. The average molecular weight is 308 g/mol. The van der Waals surface area contributed by atoms with Crippen molar-refractivity contribution in [1.29, 1.82) is 10.5 Å². The van der Waals surface area contributed by atoms with E-state index in [0.29, 0.717) is 24.5 Å². The number of rotatable bonds is 6. The van der Waals surface area contributed by atoms with Crippen molar-refractivity contribution in [3.05, 3.63) is 30.1 Å². The molecule has 0 spiro atoms. The van der Waals surface area contributed by atoms with Crippen LogP contribution in [0.1, 0.15) is 37.4 Å². The molecule has 1 saturated carbocycles. The first-order valence-electron chi connectivity index (χ1n) is 7.48. The van der Waals surface area contributed by atoms with Gasteiger partial charge in [-0.15, -0.1) is 11.8 Å². The van der Waals surface area contributed by atoms with Gasteiger partial charge in [0.1, 0.15) is 10.9 Å². The third kappa shape index (κ3) is 3.37. The van der Waals surface area contributed by atoms with Crippen LogP contribution in [0.5, 0.6) is 0 Å². The highest BCUT2D eigenvalue weighted by Crippen LogP contribution is 2.40. The average Bonchev–Trinajstić information content (AvgIpc) is 3.39. The summed E-state index contributed by atoms with van der Waals surface area (Å²) in [7, 11) is 0. The van der Waals surface area contributed by atoms with Crippen LogP contribution >= 0.6 is 11.8 Å². The standard InChI is InChI=1S/C17H16N4S/c18-9-3-4-12(10-19)11-22-17-14-5-1-2-6-15(14)20-16(21-17)13-7-8-13/h1-2,5-6,12-13H,3-4,7-8,11H2/t12-/m0/s1. The second-order valence-corrected chi connectivity index (χ2v) is 6.52. The van der Waals surface area contributed by atoms with E-state index in [1.807, 2.05) is 24.3 Å². The maximum Gasteiger partial charge on any atom is 0.133 e. The summed E-state index contributed by atoms with van der Waals surface area (Å²) in [5, 5.41) is 19.9. The van der Waals surface area contributed by atoms with Crippen LogP contribution in [0.2, 0.25) is 0 Å². The maximum atomic E-state index is 9.19. The molecule has 0 amide bonds. The molecule has 1 fully saturated rings. The molecule has 4 nitrogen and oxygen atoms in total. The SMILES string of the molecule is N#CCC[C@@H](C#N)CSc1nc(C2CC2)nc2ccccc12. The van der Waals surface area contributed by atoms with E-state index >= 15 is 0 Å². The summed E-state index contributed by atoms with van der Waals surface area (Å²) < 4.78 is 0. The smallest absolute Gasteiger partial charge is 0.133 e. The number of hydrogen-bond acceptors (Lipinski definition) is 5. The first-order chi connectivity index (χ1) is 10.8. The van der Waals surface area contributed by atoms with Crippen LogP contribution in [-0.4, -0.2) is 15.7 Å². The van der Waals surface area contributed by atoms with Crippen LogP contribution in [0, 0.1) is 28.6 Å². The minimum Gasteiger partial charge on any atom is -0.233 e. The van der Waals surface area contributed by atoms with Crippen molar-refractivity contribution in [2.45, 2.75) is 36.6 Å². The van der Waals surface area contributed by atoms with Crippen molar-refractivity contribution in [1.82, 2.24) is 9.97 Å². The molecule has 1 atom stereocenters. The first-order valence-corrected chi connectivity index (χ1v) is 8.46. The monoisotopic (exact) mass is 308 g/mol. The Hall–Kier alpha value is -2.11. The number of para-hydroxylation sites is 1. The summed E-state index contributed by atoms with van der Waals surface area (Å²) in [5.74, 6) is 2.01. The first kappa shape index (κ1) is 14.8. The maximum absolute atomic E-state index is 9.19. The Morgan fingerprint density at radius 1 is 1.23 bits per heavy atom. The van der Waals surface area contributed by atoms with Crippen molar-refractivity contribution in [3.8, 4) is 12.1 Å². The Balaban J connectivity index is 1.83. The van der Waals surface area contributed by atoms with Crippen LogP contribution in [0.15, 0.2) is 29.3 Å². The van der Waals surface area contributed by atoms with Gasteiger partial charge in [-0.25, -0.2) is 9.97 Å². The molecular formula is C17H16N4S. The predicted molar refractivity (Wildman–Crippen MR) is 86.2 cm³/mol. The number of hydrogen-bond donors (Lipinski definition) is 0. The molecule has 0 bridgehead atoms. The van der Waals surface area contributed by atoms with Gasteiger partial charge in [0, 0.05) is 23.5 Å². The normalized spacial score (nSPS) is 15.2.